The van der Waals surface area contributed by atoms with Gasteiger partial charge >= 0.3 is 6.09 Å². The number of nitrogens with zero attached hydrogens (tertiary/aromatic N) is 1. The Balaban J connectivity index is 1.98. The van der Waals surface area contributed by atoms with E-state index < -0.39 is 23.8 Å². The number of phenolic OH excluding ortho intramolecular Hbond substituents is 1. The maximum absolute atomic E-state index is 14.2. The summed E-state index contributed by atoms with van der Waals surface area (Å²) in [6.07, 6.45) is 2.42. The monoisotopic (exact) mass is 555 g/mol. The fourth-order valence-electron chi connectivity index (χ4n) is 4.46. The SMILES string of the molecule is CSCCC(NC(=O)OC(C)(C)C)C(=O)N(C(C(=O)NCc1ccccc1)c1ccc(O)c(C)c1)C1CC1C. The van der Waals surface area contributed by atoms with Crippen LogP contribution in [0.3, 0.4) is 0 Å². The van der Waals surface area contributed by atoms with Crippen LogP contribution in [0.5, 0.6) is 5.75 Å². The van der Waals surface area contributed by atoms with E-state index >= 15 is 0 Å². The quantitative estimate of drug-likeness (QED) is 0.363. The van der Waals surface area contributed by atoms with E-state index in [2.05, 4.69) is 10.6 Å². The molecule has 3 N–H and O–H groups in total. The van der Waals surface area contributed by atoms with Crippen LogP contribution in [0.2, 0.25) is 0 Å². The molecule has 1 saturated carbocycles. The predicted octanol–water partition coefficient (Wildman–Crippen LogP) is 4.94. The lowest BCUT2D eigenvalue weighted by Gasteiger charge is -2.35. The summed E-state index contributed by atoms with van der Waals surface area (Å²) in [6, 6.07) is 12.6. The molecule has 1 aliphatic carbocycles. The molecule has 0 heterocycles. The number of thioether (sulfide) groups is 1. The summed E-state index contributed by atoms with van der Waals surface area (Å²) in [4.78, 5) is 42.4. The minimum atomic E-state index is -0.937. The summed E-state index contributed by atoms with van der Waals surface area (Å²) in [6.45, 7) is 9.41. The normalized spacial score (nSPS) is 18.0. The van der Waals surface area contributed by atoms with Gasteiger partial charge in [-0.05, 0) is 87.3 Å². The fraction of sp³-hybridized carbons (Fsp3) is 0.500. The predicted molar refractivity (Wildman–Crippen MR) is 154 cm³/mol. The van der Waals surface area contributed by atoms with Crippen molar-refractivity contribution < 1.29 is 24.2 Å². The summed E-state index contributed by atoms with van der Waals surface area (Å²) >= 11 is 1.57. The van der Waals surface area contributed by atoms with E-state index in [1.54, 1.807) is 62.6 Å². The number of carbonyl (C=O) groups is 3. The van der Waals surface area contributed by atoms with Gasteiger partial charge in [-0.25, -0.2) is 4.79 Å². The third-order valence-corrected chi connectivity index (χ3v) is 7.30. The lowest BCUT2D eigenvalue weighted by atomic mass is 9.99. The molecule has 1 aliphatic rings. The lowest BCUT2D eigenvalue weighted by Crippen LogP contribution is -2.54. The number of aromatic hydroxyl groups is 1. The van der Waals surface area contributed by atoms with Crippen LogP contribution < -0.4 is 10.6 Å². The van der Waals surface area contributed by atoms with Crippen LogP contribution in [-0.2, 0) is 20.9 Å². The molecule has 3 rings (SSSR count). The Morgan fingerprint density at radius 2 is 1.82 bits per heavy atom. The van der Waals surface area contributed by atoms with E-state index in [0.29, 0.717) is 29.8 Å². The molecular weight excluding hydrogens is 514 g/mol. The molecule has 8 nitrogen and oxygen atoms in total. The average Bonchev–Trinajstić information content (AvgIpc) is 3.60. The number of alkyl carbamates (subject to hydrolysis) is 1. The van der Waals surface area contributed by atoms with Crippen molar-refractivity contribution >= 4 is 29.7 Å². The van der Waals surface area contributed by atoms with Gasteiger partial charge in [0.15, 0.2) is 0 Å². The van der Waals surface area contributed by atoms with Gasteiger partial charge in [0.2, 0.25) is 11.8 Å². The highest BCUT2D eigenvalue weighted by molar-refractivity contribution is 7.98. The summed E-state index contributed by atoms with van der Waals surface area (Å²) in [5.41, 5.74) is 1.43. The second kappa shape index (κ2) is 13.2. The highest BCUT2D eigenvalue weighted by Gasteiger charge is 2.48. The van der Waals surface area contributed by atoms with Crippen LogP contribution >= 0.6 is 11.8 Å². The molecule has 0 aliphatic heterocycles. The van der Waals surface area contributed by atoms with Gasteiger partial charge in [-0.1, -0.05) is 43.3 Å². The molecule has 3 amide bonds. The number of carbonyl (C=O) groups excluding carboxylic acids is 3. The first-order valence-corrected chi connectivity index (χ1v) is 14.7. The first-order chi connectivity index (χ1) is 18.4. The van der Waals surface area contributed by atoms with Crippen molar-refractivity contribution in [1.82, 2.24) is 15.5 Å². The average molecular weight is 556 g/mol. The molecule has 2 aromatic carbocycles. The molecule has 0 bridgehead atoms. The van der Waals surface area contributed by atoms with Crippen LogP contribution in [0, 0.1) is 12.8 Å². The van der Waals surface area contributed by atoms with E-state index in [-0.39, 0.29) is 29.5 Å². The Labute approximate surface area is 235 Å². The Kier molecular flexibility index (Phi) is 10.3. The zero-order chi connectivity index (χ0) is 28.7. The van der Waals surface area contributed by atoms with Gasteiger partial charge in [0.25, 0.3) is 0 Å². The molecule has 2 aromatic rings. The Hall–Kier alpha value is -3.20. The number of phenols is 1. The summed E-state index contributed by atoms with van der Waals surface area (Å²) < 4.78 is 5.45. The van der Waals surface area contributed by atoms with E-state index in [9.17, 15) is 19.5 Å². The van der Waals surface area contributed by atoms with Crippen LogP contribution in [0.4, 0.5) is 4.79 Å². The number of benzene rings is 2. The van der Waals surface area contributed by atoms with Crippen LogP contribution in [0.25, 0.3) is 0 Å². The third kappa shape index (κ3) is 8.65. The fourth-order valence-corrected chi connectivity index (χ4v) is 4.94. The molecule has 0 aromatic heterocycles. The maximum Gasteiger partial charge on any atom is 0.408 e. The zero-order valence-electron chi connectivity index (χ0n) is 23.7. The first kappa shape index (κ1) is 30.3. The van der Waals surface area contributed by atoms with Crippen molar-refractivity contribution in [3.63, 3.8) is 0 Å². The lowest BCUT2D eigenvalue weighted by molar-refractivity contribution is -0.143. The van der Waals surface area contributed by atoms with Crippen LogP contribution in [0.15, 0.2) is 48.5 Å². The topological polar surface area (TPSA) is 108 Å². The molecule has 0 radical (unpaired) electrons. The van der Waals surface area contributed by atoms with E-state index in [0.717, 1.165) is 12.0 Å². The molecule has 212 valence electrons. The molecule has 9 heteroatoms. The molecule has 4 atom stereocenters. The number of aryl methyl sites for hydroxylation is 1. The Morgan fingerprint density at radius 1 is 1.15 bits per heavy atom. The van der Waals surface area contributed by atoms with Gasteiger partial charge in [-0.15, -0.1) is 0 Å². The minimum Gasteiger partial charge on any atom is -0.508 e. The number of hydrogen-bond donors (Lipinski definition) is 3. The second-order valence-electron chi connectivity index (χ2n) is 11.2. The van der Waals surface area contributed by atoms with Crippen LogP contribution in [0.1, 0.15) is 63.3 Å². The number of rotatable bonds is 11. The van der Waals surface area contributed by atoms with Crippen LogP contribution in [-0.4, -0.2) is 57.6 Å². The number of hydrogen-bond acceptors (Lipinski definition) is 6. The zero-order valence-corrected chi connectivity index (χ0v) is 24.5. The number of amides is 3. The molecular formula is C30H41N3O5S. The Bertz CT molecular complexity index is 1150. The molecule has 4 unspecified atom stereocenters. The second-order valence-corrected chi connectivity index (χ2v) is 12.1. The summed E-state index contributed by atoms with van der Waals surface area (Å²) in [7, 11) is 0. The molecule has 39 heavy (non-hydrogen) atoms. The maximum atomic E-state index is 14.2. The first-order valence-electron chi connectivity index (χ1n) is 13.3. The van der Waals surface area contributed by atoms with Gasteiger partial charge < -0.3 is 25.4 Å². The van der Waals surface area contributed by atoms with Crippen molar-refractivity contribution in [2.45, 2.75) is 77.7 Å². The number of ether oxygens (including phenoxy) is 1. The third-order valence-electron chi connectivity index (χ3n) is 6.65. The van der Waals surface area contributed by atoms with Gasteiger partial charge in [0.1, 0.15) is 23.4 Å². The van der Waals surface area contributed by atoms with Gasteiger partial charge in [0, 0.05) is 12.6 Å². The van der Waals surface area contributed by atoms with Crippen molar-refractivity contribution in [2.24, 2.45) is 5.92 Å². The van der Waals surface area contributed by atoms with Crippen molar-refractivity contribution in [2.75, 3.05) is 12.0 Å². The van der Waals surface area contributed by atoms with Crippen molar-refractivity contribution in [3.05, 3.63) is 65.2 Å². The smallest absolute Gasteiger partial charge is 0.408 e. The van der Waals surface area contributed by atoms with Gasteiger partial charge in [-0.3, -0.25) is 9.59 Å². The minimum absolute atomic E-state index is 0.115. The highest BCUT2D eigenvalue weighted by atomic mass is 32.2. The molecule has 0 spiro atoms. The largest absolute Gasteiger partial charge is 0.508 e. The standard InChI is InChI=1S/C30H41N3O5S/c1-19-17-24(19)33(28(36)23(14-15-39-6)32-29(37)38-30(3,4)5)26(22-12-13-25(34)20(2)16-22)27(35)31-18-21-10-8-7-9-11-21/h7-13,16,19,23-24,26,34H,14-15,17-18H2,1-6H3,(H,31,35)(H,32,37). The molecule has 1 fully saturated rings. The number of nitrogens with one attached hydrogen (secondary N) is 2. The summed E-state index contributed by atoms with van der Waals surface area (Å²) in [5, 5.41) is 15.9. The Morgan fingerprint density at radius 3 is 2.38 bits per heavy atom. The van der Waals surface area contributed by atoms with Crippen molar-refractivity contribution in [3.8, 4) is 5.75 Å². The highest BCUT2D eigenvalue weighted by Crippen LogP contribution is 2.41. The van der Waals surface area contributed by atoms with Gasteiger partial charge in [0.05, 0.1) is 0 Å². The van der Waals surface area contributed by atoms with E-state index in [4.69, 9.17) is 4.74 Å². The van der Waals surface area contributed by atoms with E-state index in [1.807, 2.05) is 43.5 Å². The molecule has 0 saturated heterocycles. The van der Waals surface area contributed by atoms with E-state index in [1.165, 1.54) is 0 Å². The van der Waals surface area contributed by atoms with Crippen molar-refractivity contribution in [1.29, 1.82) is 0 Å². The van der Waals surface area contributed by atoms with Gasteiger partial charge in [-0.2, -0.15) is 11.8 Å². The summed E-state index contributed by atoms with van der Waals surface area (Å²) in [5.74, 6) is 0.319.